The van der Waals surface area contributed by atoms with Crippen LogP contribution in [0.1, 0.15) is 30.0 Å². The Labute approximate surface area is 148 Å². The van der Waals surface area contributed by atoms with Gasteiger partial charge in [-0.05, 0) is 25.0 Å². The zero-order valence-electron chi connectivity index (χ0n) is 13.7. The Kier molecular flexibility index (Phi) is 2.46. The molecule has 1 aliphatic carbocycles. The number of benzene rings is 1. The summed E-state index contributed by atoms with van der Waals surface area (Å²) >= 11 is 0. The van der Waals surface area contributed by atoms with Gasteiger partial charge >= 0.3 is 0 Å². The van der Waals surface area contributed by atoms with Gasteiger partial charge in [-0.2, -0.15) is 5.26 Å². The van der Waals surface area contributed by atoms with E-state index in [1.807, 2.05) is 26.7 Å². The molecular formula is C17H13N9. The molecule has 0 N–H and O–H groups in total. The average molecular weight is 343 g/mol. The van der Waals surface area contributed by atoms with E-state index >= 15 is 0 Å². The lowest BCUT2D eigenvalue weighted by atomic mass is 10.1. The summed E-state index contributed by atoms with van der Waals surface area (Å²) in [6.07, 6.45) is 7.88. The maximum atomic E-state index is 9.51. The fourth-order valence-corrected chi connectivity index (χ4v) is 3.69. The lowest BCUT2D eigenvalue weighted by Gasteiger charge is -2.34. The summed E-state index contributed by atoms with van der Waals surface area (Å²) in [7, 11) is 0. The lowest BCUT2D eigenvalue weighted by Crippen LogP contribution is -2.46. The van der Waals surface area contributed by atoms with E-state index in [1.54, 1.807) is 12.5 Å². The van der Waals surface area contributed by atoms with Crippen molar-refractivity contribution in [3.05, 3.63) is 48.0 Å². The summed E-state index contributed by atoms with van der Waals surface area (Å²) in [5.41, 5.74) is 2.95. The van der Waals surface area contributed by atoms with Gasteiger partial charge in [0.1, 0.15) is 18.7 Å². The van der Waals surface area contributed by atoms with Crippen LogP contribution in [0.2, 0.25) is 0 Å². The van der Waals surface area contributed by atoms with Gasteiger partial charge in [-0.25, -0.2) is 20.0 Å². The molecule has 1 saturated carbocycles. The predicted octanol–water partition coefficient (Wildman–Crippen LogP) is 1.63. The molecule has 4 heterocycles. The maximum Gasteiger partial charge on any atom is 0.210 e. The molecule has 0 bridgehead atoms. The highest BCUT2D eigenvalue weighted by Gasteiger charge is 2.41. The van der Waals surface area contributed by atoms with Crippen LogP contribution >= 0.6 is 0 Å². The molecule has 6 rings (SSSR count). The Bertz CT molecular complexity index is 1110. The average Bonchev–Trinajstić information content (AvgIpc) is 3.10. The third-order valence-electron chi connectivity index (χ3n) is 5.01. The first-order chi connectivity index (χ1) is 12.9. The van der Waals surface area contributed by atoms with Crippen LogP contribution in [0.15, 0.2) is 41.8 Å². The maximum absolute atomic E-state index is 9.51. The number of nitrogens with zero attached hydrogens (tertiary/aromatic N) is 9. The molecule has 0 radical (unpaired) electrons. The van der Waals surface area contributed by atoms with Gasteiger partial charge in [-0.15, -0.1) is 9.78 Å². The van der Waals surface area contributed by atoms with E-state index in [9.17, 15) is 5.26 Å². The lowest BCUT2D eigenvalue weighted by molar-refractivity contribution is 0.771. The van der Waals surface area contributed by atoms with E-state index in [4.69, 9.17) is 4.99 Å². The number of fused-ring (bicyclic) bond motifs is 6. The van der Waals surface area contributed by atoms with E-state index in [2.05, 4.69) is 33.6 Å². The van der Waals surface area contributed by atoms with Crippen molar-refractivity contribution < 1.29 is 0 Å². The number of amidine groups is 1. The van der Waals surface area contributed by atoms with Crippen LogP contribution in [0.25, 0.3) is 5.69 Å². The zero-order chi connectivity index (χ0) is 17.3. The SMILES string of the molecule is N#Cn1nnc(C2CC2)c1N1CN=C2c3ccccc3-n3cncc3N21. The number of aliphatic imine (C=N–C) groups is 1. The summed E-state index contributed by atoms with van der Waals surface area (Å²) in [6.45, 7) is 0.406. The van der Waals surface area contributed by atoms with Crippen LogP contribution in [-0.2, 0) is 0 Å². The molecule has 3 aromatic rings. The molecule has 9 heteroatoms. The van der Waals surface area contributed by atoms with Crippen molar-refractivity contribution in [1.29, 1.82) is 5.26 Å². The summed E-state index contributed by atoms with van der Waals surface area (Å²) in [5.74, 6) is 2.80. The van der Waals surface area contributed by atoms with Crippen molar-refractivity contribution in [2.45, 2.75) is 18.8 Å². The predicted molar refractivity (Wildman–Crippen MR) is 92.9 cm³/mol. The second kappa shape index (κ2) is 4.70. The number of aromatic nitrogens is 5. The fraction of sp³-hybridized carbons (Fsp3) is 0.235. The van der Waals surface area contributed by atoms with Crippen LogP contribution in [0, 0.1) is 11.5 Å². The second-order valence-electron chi connectivity index (χ2n) is 6.56. The fourth-order valence-electron chi connectivity index (χ4n) is 3.69. The molecule has 1 aromatic carbocycles. The molecule has 9 nitrogen and oxygen atoms in total. The molecule has 3 aliphatic rings. The molecule has 0 spiro atoms. The van der Waals surface area contributed by atoms with E-state index in [-0.39, 0.29) is 0 Å². The van der Waals surface area contributed by atoms with Crippen LogP contribution in [0.5, 0.6) is 0 Å². The monoisotopic (exact) mass is 343 g/mol. The molecule has 0 saturated heterocycles. The highest BCUT2D eigenvalue weighted by atomic mass is 15.7. The van der Waals surface area contributed by atoms with Crippen LogP contribution in [-0.4, -0.2) is 37.0 Å². The highest BCUT2D eigenvalue weighted by molar-refractivity contribution is 6.16. The number of para-hydroxylation sites is 1. The summed E-state index contributed by atoms with van der Waals surface area (Å²) in [6, 6.07) is 8.11. The normalized spacial score (nSPS) is 17.4. The Morgan fingerprint density at radius 1 is 1.19 bits per heavy atom. The van der Waals surface area contributed by atoms with E-state index in [0.717, 1.165) is 41.4 Å². The smallest absolute Gasteiger partial charge is 0.210 e. The first-order valence-corrected chi connectivity index (χ1v) is 8.46. The van der Waals surface area contributed by atoms with Gasteiger partial charge in [0.15, 0.2) is 17.5 Å². The van der Waals surface area contributed by atoms with Gasteiger partial charge < -0.3 is 0 Å². The molecule has 1 fully saturated rings. The van der Waals surface area contributed by atoms with Crippen LogP contribution in [0.3, 0.4) is 0 Å². The zero-order valence-corrected chi connectivity index (χ0v) is 13.7. The first kappa shape index (κ1) is 13.6. The van der Waals surface area contributed by atoms with Crippen LogP contribution in [0.4, 0.5) is 11.6 Å². The van der Waals surface area contributed by atoms with Crippen molar-refractivity contribution in [3.8, 4) is 11.9 Å². The van der Waals surface area contributed by atoms with Crippen molar-refractivity contribution in [3.63, 3.8) is 0 Å². The van der Waals surface area contributed by atoms with Gasteiger partial charge in [0.25, 0.3) is 0 Å². The van der Waals surface area contributed by atoms with Crippen molar-refractivity contribution in [1.82, 2.24) is 24.5 Å². The van der Waals surface area contributed by atoms with Gasteiger partial charge in [-0.3, -0.25) is 4.57 Å². The number of nitriles is 1. The Morgan fingerprint density at radius 3 is 2.92 bits per heavy atom. The summed E-state index contributed by atoms with van der Waals surface area (Å²) < 4.78 is 3.32. The van der Waals surface area contributed by atoms with E-state index in [0.29, 0.717) is 18.4 Å². The topological polar surface area (TPSA) is 91.2 Å². The van der Waals surface area contributed by atoms with Crippen molar-refractivity contribution >= 4 is 17.5 Å². The number of hydrazine groups is 1. The first-order valence-electron chi connectivity index (χ1n) is 8.46. The highest BCUT2D eigenvalue weighted by Crippen LogP contribution is 2.45. The molecule has 2 aromatic heterocycles. The number of hydrogen-bond donors (Lipinski definition) is 0. The molecule has 0 unspecified atom stereocenters. The molecule has 0 atom stereocenters. The largest absolute Gasteiger partial charge is 0.283 e. The summed E-state index contributed by atoms with van der Waals surface area (Å²) in [5, 5.41) is 21.8. The minimum Gasteiger partial charge on any atom is -0.283 e. The van der Waals surface area contributed by atoms with Gasteiger partial charge in [0.05, 0.1) is 11.9 Å². The van der Waals surface area contributed by atoms with E-state index < -0.39 is 0 Å². The Balaban J connectivity index is 1.55. The van der Waals surface area contributed by atoms with Gasteiger partial charge in [0, 0.05) is 11.5 Å². The number of rotatable bonds is 2. The standard InChI is InChI=1S/C17H13N9/c18-8-24-17(15(21-22-24)11-5-6-11)25-10-20-16-12-3-1-2-4-13(12)23-9-19-7-14(23)26(16)25/h1-4,7,9,11H,5-6,10H2. The Morgan fingerprint density at radius 2 is 2.08 bits per heavy atom. The molecule has 126 valence electrons. The number of hydrogen-bond acceptors (Lipinski definition) is 7. The minimum absolute atomic E-state index is 0.373. The third kappa shape index (κ3) is 1.63. The van der Waals surface area contributed by atoms with E-state index in [1.165, 1.54) is 4.68 Å². The second-order valence-corrected chi connectivity index (χ2v) is 6.56. The van der Waals surface area contributed by atoms with Gasteiger partial charge in [0.2, 0.25) is 6.19 Å². The van der Waals surface area contributed by atoms with Gasteiger partial charge in [-0.1, -0.05) is 17.3 Å². The molecule has 0 amide bonds. The van der Waals surface area contributed by atoms with Crippen molar-refractivity contribution in [2.75, 3.05) is 16.7 Å². The van der Waals surface area contributed by atoms with Crippen molar-refractivity contribution in [2.24, 2.45) is 4.99 Å². The summed E-state index contributed by atoms with van der Waals surface area (Å²) in [4.78, 5) is 9.09. The van der Waals surface area contributed by atoms with Crippen LogP contribution < -0.4 is 10.0 Å². The number of anilines is 2. The minimum atomic E-state index is 0.373. The molecular weight excluding hydrogens is 330 g/mol. The molecule has 2 aliphatic heterocycles. The quantitative estimate of drug-likeness (QED) is 0.702. The molecule has 26 heavy (non-hydrogen) atoms. The Hall–Kier alpha value is -3.67. The number of imidazole rings is 1. The third-order valence-corrected chi connectivity index (χ3v) is 5.01.